The van der Waals surface area contributed by atoms with Gasteiger partial charge in [0.25, 0.3) is 0 Å². The molecule has 2 nitrogen and oxygen atoms in total. The van der Waals surface area contributed by atoms with E-state index in [9.17, 15) is 8.78 Å². The van der Waals surface area contributed by atoms with Crippen LogP contribution in [0.4, 0.5) is 8.78 Å². The van der Waals surface area contributed by atoms with Crippen LogP contribution in [-0.2, 0) is 6.61 Å². The van der Waals surface area contributed by atoms with Gasteiger partial charge in [-0.1, -0.05) is 24.3 Å². The van der Waals surface area contributed by atoms with Crippen LogP contribution in [0.15, 0.2) is 42.5 Å². The summed E-state index contributed by atoms with van der Waals surface area (Å²) in [5, 5.41) is 3.04. The van der Waals surface area contributed by atoms with Gasteiger partial charge in [-0.15, -0.1) is 0 Å². The number of rotatable bonds is 5. The van der Waals surface area contributed by atoms with Gasteiger partial charge in [-0.2, -0.15) is 0 Å². The van der Waals surface area contributed by atoms with Gasteiger partial charge in [-0.05, 0) is 37.7 Å². The molecule has 2 aromatic carbocycles. The van der Waals surface area contributed by atoms with E-state index in [4.69, 9.17) is 4.74 Å². The Kier molecular flexibility index (Phi) is 4.69. The van der Waals surface area contributed by atoms with E-state index >= 15 is 0 Å². The van der Waals surface area contributed by atoms with E-state index in [1.165, 1.54) is 12.1 Å². The summed E-state index contributed by atoms with van der Waals surface area (Å²) in [4.78, 5) is 0. The molecule has 0 saturated carbocycles. The average Bonchev–Trinajstić information content (AvgIpc) is 2.46. The van der Waals surface area contributed by atoms with Gasteiger partial charge in [0.2, 0.25) is 0 Å². The fraction of sp³-hybridized carbons (Fsp3) is 0.250. The standard InChI is InChI=1S/C16H17F2NO/c1-11(19-2)12-7-8-16(15(18)9-12)20-10-13-5-3-4-6-14(13)17/h3-9,11,19H,10H2,1-2H3. The zero-order chi connectivity index (χ0) is 14.5. The third-order valence-corrected chi connectivity index (χ3v) is 3.23. The third kappa shape index (κ3) is 3.33. The van der Waals surface area contributed by atoms with Crippen LogP contribution < -0.4 is 10.1 Å². The molecule has 0 saturated heterocycles. The number of halogens is 2. The van der Waals surface area contributed by atoms with Crippen LogP contribution in [0.3, 0.4) is 0 Å². The smallest absolute Gasteiger partial charge is 0.165 e. The van der Waals surface area contributed by atoms with E-state index in [1.54, 1.807) is 30.3 Å². The molecule has 1 atom stereocenters. The van der Waals surface area contributed by atoms with Crippen LogP contribution in [0.5, 0.6) is 5.75 Å². The van der Waals surface area contributed by atoms with Gasteiger partial charge < -0.3 is 10.1 Å². The summed E-state index contributed by atoms with van der Waals surface area (Å²) in [7, 11) is 1.81. The molecule has 0 aliphatic carbocycles. The van der Waals surface area contributed by atoms with Gasteiger partial charge in [-0.25, -0.2) is 8.78 Å². The minimum Gasteiger partial charge on any atom is -0.486 e. The molecule has 2 rings (SSSR count). The van der Waals surface area contributed by atoms with Crippen LogP contribution in [0.25, 0.3) is 0 Å². The summed E-state index contributed by atoms with van der Waals surface area (Å²) >= 11 is 0. The van der Waals surface area contributed by atoms with E-state index in [1.807, 2.05) is 14.0 Å². The molecule has 1 N–H and O–H groups in total. The minimum absolute atomic E-state index is 0.00449. The maximum atomic E-state index is 13.9. The predicted octanol–water partition coefficient (Wildman–Crippen LogP) is 3.82. The molecule has 0 aliphatic heterocycles. The Morgan fingerprint density at radius 3 is 2.50 bits per heavy atom. The third-order valence-electron chi connectivity index (χ3n) is 3.23. The minimum atomic E-state index is -0.444. The molecular weight excluding hydrogens is 260 g/mol. The summed E-state index contributed by atoms with van der Waals surface area (Å²) in [5.74, 6) is -0.672. The molecule has 0 aromatic heterocycles. The Morgan fingerprint density at radius 1 is 1.10 bits per heavy atom. The van der Waals surface area contributed by atoms with E-state index in [0.29, 0.717) is 5.56 Å². The molecule has 1 unspecified atom stereocenters. The van der Waals surface area contributed by atoms with E-state index in [0.717, 1.165) is 5.56 Å². The summed E-state index contributed by atoms with van der Waals surface area (Å²) < 4.78 is 32.7. The molecule has 0 bridgehead atoms. The maximum absolute atomic E-state index is 13.9. The first-order valence-corrected chi connectivity index (χ1v) is 6.44. The Hall–Kier alpha value is -1.94. The lowest BCUT2D eigenvalue weighted by Crippen LogP contribution is -2.12. The highest BCUT2D eigenvalue weighted by Gasteiger charge is 2.09. The molecule has 106 valence electrons. The highest BCUT2D eigenvalue weighted by atomic mass is 19.1. The summed E-state index contributed by atoms with van der Waals surface area (Å²) in [6, 6.07) is 11.1. The second-order valence-corrected chi connectivity index (χ2v) is 4.58. The van der Waals surface area contributed by atoms with Crippen LogP contribution in [-0.4, -0.2) is 7.05 Å². The van der Waals surface area contributed by atoms with Gasteiger partial charge in [0, 0.05) is 11.6 Å². The fourth-order valence-corrected chi connectivity index (χ4v) is 1.84. The van der Waals surface area contributed by atoms with Crippen molar-refractivity contribution in [2.45, 2.75) is 19.6 Å². The summed E-state index contributed by atoms with van der Waals surface area (Å²) in [6.07, 6.45) is 0. The zero-order valence-electron chi connectivity index (χ0n) is 11.5. The summed E-state index contributed by atoms with van der Waals surface area (Å²) in [5.41, 5.74) is 1.24. The quantitative estimate of drug-likeness (QED) is 0.897. The topological polar surface area (TPSA) is 21.3 Å². The Bertz CT molecular complexity index is 586. The first-order valence-electron chi connectivity index (χ1n) is 6.44. The van der Waals surface area contributed by atoms with Crippen molar-refractivity contribution in [2.75, 3.05) is 7.05 Å². The number of ether oxygens (including phenoxy) is 1. The SMILES string of the molecule is CNC(C)c1ccc(OCc2ccccc2F)c(F)c1. The van der Waals surface area contributed by atoms with E-state index in [-0.39, 0.29) is 24.2 Å². The van der Waals surface area contributed by atoms with Crippen LogP contribution in [0.2, 0.25) is 0 Å². The van der Waals surface area contributed by atoms with Crippen LogP contribution in [0.1, 0.15) is 24.1 Å². The first kappa shape index (κ1) is 14.5. The largest absolute Gasteiger partial charge is 0.486 e. The summed E-state index contributed by atoms with van der Waals surface area (Å²) in [6.45, 7) is 1.94. The van der Waals surface area contributed by atoms with E-state index < -0.39 is 5.82 Å². The average molecular weight is 277 g/mol. The molecule has 0 heterocycles. The molecule has 4 heteroatoms. The highest BCUT2D eigenvalue weighted by molar-refractivity contribution is 5.31. The van der Waals surface area contributed by atoms with Crippen molar-refractivity contribution in [2.24, 2.45) is 0 Å². The van der Waals surface area contributed by atoms with Gasteiger partial charge in [0.05, 0.1) is 0 Å². The maximum Gasteiger partial charge on any atom is 0.165 e. The van der Waals surface area contributed by atoms with Crippen molar-refractivity contribution in [3.63, 3.8) is 0 Å². The van der Waals surface area contributed by atoms with Crippen LogP contribution >= 0.6 is 0 Å². The van der Waals surface area contributed by atoms with Crippen molar-refractivity contribution in [3.05, 3.63) is 65.2 Å². The molecule has 0 aliphatic rings. The number of hydrogen-bond acceptors (Lipinski definition) is 2. The van der Waals surface area contributed by atoms with Crippen molar-refractivity contribution in [1.82, 2.24) is 5.32 Å². The fourth-order valence-electron chi connectivity index (χ4n) is 1.84. The lowest BCUT2D eigenvalue weighted by Gasteiger charge is -2.13. The molecule has 0 amide bonds. The molecular formula is C16H17F2NO. The lowest BCUT2D eigenvalue weighted by molar-refractivity contribution is 0.284. The van der Waals surface area contributed by atoms with Crippen LogP contribution in [0, 0.1) is 11.6 Å². The highest BCUT2D eigenvalue weighted by Crippen LogP contribution is 2.23. The first-order chi connectivity index (χ1) is 9.61. The Morgan fingerprint density at radius 2 is 1.85 bits per heavy atom. The zero-order valence-corrected chi connectivity index (χ0v) is 11.5. The van der Waals surface area contributed by atoms with E-state index in [2.05, 4.69) is 5.32 Å². The number of hydrogen-bond donors (Lipinski definition) is 1. The van der Waals surface area contributed by atoms with Crippen molar-refractivity contribution in [1.29, 1.82) is 0 Å². The van der Waals surface area contributed by atoms with Crippen molar-refractivity contribution >= 4 is 0 Å². The van der Waals surface area contributed by atoms with Crippen molar-refractivity contribution in [3.8, 4) is 5.75 Å². The van der Waals surface area contributed by atoms with Gasteiger partial charge in [0.1, 0.15) is 12.4 Å². The number of nitrogens with one attached hydrogen (secondary N) is 1. The molecule has 0 fully saturated rings. The molecule has 20 heavy (non-hydrogen) atoms. The second kappa shape index (κ2) is 6.48. The molecule has 2 aromatic rings. The number of benzene rings is 2. The second-order valence-electron chi connectivity index (χ2n) is 4.58. The Balaban J connectivity index is 2.09. The molecule has 0 spiro atoms. The van der Waals surface area contributed by atoms with Crippen molar-refractivity contribution < 1.29 is 13.5 Å². The lowest BCUT2D eigenvalue weighted by atomic mass is 10.1. The predicted molar refractivity (Wildman–Crippen MR) is 74.6 cm³/mol. The molecule has 0 radical (unpaired) electrons. The van der Waals surface area contributed by atoms with Gasteiger partial charge in [-0.3, -0.25) is 0 Å². The van der Waals surface area contributed by atoms with Gasteiger partial charge >= 0.3 is 0 Å². The monoisotopic (exact) mass is 277 g/mol. The Labute approximate surface area is 117 Å². The van der Waals surface area contributed by atoms with Gasteiger partial charge in [0.15, 0.2) is 11.6 Å². The normalized spacial score (nSPS) is 12.2.